The Hall–Kier alpha value is -2.97. The summed E-state index contributed by atoms with van der Waals surface area (Å²) in [6, 6.07) is 16.3. The summed E-state index contributed by atoms with van der Waals surface area (Å²) in [6.07, 6.45) is 2.15. The van der Waals surface area contributed by atoms with Crippen LogP contribution in [0.3, 0.4) is 0 Å². The van der Waals surface area contributed by atoms with E-state index in [0.717, 1.165) is 12.0 Å². The van der Waals surface area contributed by atoms with Crippen molar-refractivity contribution in [3.63, 3.8) is 0 Å². The fraction of sp³-hybridized carbons (Fsp3) is 0.158. The number of carbonyl (C=O) groups excluding carboxylic acids is 1. The van der Waals surface area contributed by atoms with E-state index < -0.39 is 5.91 Å². The molecule has 0 atom stereocenters. The Balaban J connectivity index is 1.87. The summed E-state index contributed by atoms with van der Waals surface area (Å²) in [5, 5.41) is 15.5. The highest BCUT2D eigenvalue weighted by Gasteiger charge is 2.09. The zero-order valence-corrected chi connectivity index (χ0v) is 14.5. The third-order valence-electron chi connectivity index (χ3n) is 3.41. The van der Waals surface area contributed by atoms with Gasteiger partial charge in [0, 0.05) is 23.5 Å². The molecule has 0 fully saturated rings. The van der Waals surface area contributed by atoms with Crippen molar-refractivity contribution in [2.45, 2.75) is 6.42 Å². The molecule has 128 valence electrons. The maximum Gasteiger partial charge on any atom is 0.267 e. The first-order valence-corrected chi connectivity index (χ1v) is 8.03. The number of amides is 1. The molecule has 0 aromatic heterocycles. The highest BCUT2D eigenvalue weighted by molar-refractivity contribution is 6.30. The molecule has 0 aliphatic rings. The summed E-state index contributed by atoms with van der Waals surface area (Å²) in [5.41, 5.74) is 1.67. The predicted octanol–water partition coefficient (Wildman–Crippen LogP) is 3.53. The first-order chi connectivity index (χ1) is 12.1. The standard InChI is InChI=1S/C19H18ClN3O2/c1-25-18-7-5-17(6-8-18)23-19(24)15(12-21)13-22-10-9-14-3-2-4-16(20)11-14/h2-8,11,13,22H,9-10H2,1H3,(H,23,24)/b15-13-. The maximum atomic E-state index is 12.1. The number of methoxy groups -OCH3 is 1. The summed E-state index contributed by atoms with van der Waals surface area (Å²) in [5.74, 6) is 0.222. The molecule has 25 heavy (non-hydrogen) atoms. The number of hydrogen-bond donors (Lipinski definition) is 2. The molecule has 0 saturated heterocycles. The van der Waals surface area contributed by atoms with Crippen LogP contribution >= 0.6 is 11.6 Å². The topological polar surface area (TPSA) is 74.1 Å². The van der Waals surface area contributed by atoms with Gasteiger partial charge in [0.25, 0.3) is 5.91 Å². The summed E-state index contributed by atoms with van der Waals surface area (Å²) in [4.78, 5) is 12.1. The molecule has 2 rings (SSSR count). The third-order valence-corrected chi connectivity index (χ3v) is 3.64. The van der Waals surface area contributed by atoms with E-state index in [4.69, 9.17) is 21.6 Å². The molecular weight excluding hydrogens is 338 g/mol. The fourth-order valence-electron chi connectivity index (χ4n) is 2.10. The van der Waals surface area contributed by atoms with Crippen LogP contribution < -0.4 is 15.4 Å². The molecule has 0 radical (unpaired) electrons. The lowest BCUT2D eigenvalue weighted by molar-refractivity contribution is -0.112. The average molecular weight is 356 g/mol. The van der Waals surface area contributed by atoms with Crippen LogP contribution in [0.25, 0.3) is 0 Å². The minimum atomic E-state index is -0.470. The van der Waals surface area contributed by atoms with E-state index >= 15 is 0 Å². The van der Waals surface area contributed by atoms with Gasteiger partial charge in [-0.05, 0) is 48.4 Å². The Morgan fingerprint density at radius 2 is 2.04 bits per heavy atom. The minimum Gasteiger partial charge on any atom is -0.497 e. The number of hydrogen-bond acceptors (Lipinski definition) is 4. The highest BCUT2D eigenvalue weighted by Crippen LogP contribution is 2.15. The largest absolute Gasteiger partial charge is 0.497 e. The fourth-order valence-corrected chi connectivity index (χ4v) is 2.32. The number of nitrogens with zero attached hydrogens (tertiary/aromatic N) is 1. The van der Waals surface area contributed by atoms with E-state index in [9.17, 15) is 4.79 Å². The van der Waals surface area contributed by atoms with Crippen LogP contribution in [0.2, 0.25) is 5.02 Å². The van der Waals surface area contributed by atoms with Gasteiger partial charge in [0.15, 0.2) is 0 Å². The molecule has 0 saturated carbocycles. The van der Waals surface area contributed by atoms with Gasteiger partial charge in [0.05, 0.1) is 7.11 Å². The summed E-state index contributed by atoms with van der Waals surface area (Å²) < 4.78 is 5.06. The molecule has 0 heterocycles. The summed E-state index contributed by atoms with van der Waals surface area (Å²) >= 11 is 5.93. The van der Waals surface area contributed by atoms with Gasteiger partial charge in [-0.3, -0.25) is 4.79 Å². The number of nitriles is 1. The van der Waals surface area contributed by atoms with Gasteiger partial charge >= 0.3 is 0 Å². The monoisotopic (exact) mass is 355 g/mol. The van der Waals surface area contributed by atoms with Crippen molar-refractivity contribution < 1.29 is 9.53 Å². The van der Waals surface area contributed by atoms with Crippen molar-refractivity contribution in [1.29, 1.82) is 5.26 Å². The van der Waals surface area contributed by atoms with E-state index in [-0.39, 0.29) is 5.57 Å². The van der Waals surface area contributed by atoms with Crippen molar-refractivity contribution in [3.05, 3.63) is 70.9 Å². The van der Waals surface area contributed by atoms with E-state index in [1.54, 1.807) is 31.4 Å². The van der Waals surface area contributed by atoms with Crippen LogP contribution in [0, 0.1) is 11.3 Å². The molecule has 0 bridgehead atoms. The van der Waals surface area contributed by atoms with Gasteiger partial charge in [-0.15, -0.1) is 0 Å². The Morgan fingerprint density at radius 1 is 1.28 bits per heavy atom. The quantitative estimate of drug-likeness (QED) is 0.452. The number of nitrogens with one attached hydrogen (secondary N) is 2. The van der Waals surface area contributed by atoms with Crippen molar-refractivity contribution in [2.24, 2.45) is 0 Å². The molecule has 0 spiro atoms. The minimum absolute atomic E-state index is 0.00177. The Kier molecular flexibility index (Phi) is 6.87. The first kappa shape index (κ1) is 18.4. The molecule has 0 aliphatic heterocycles. The number of carbonyl (C=O) groups is 1. The van der Waals surface area contributed by atoms with Crippen LogP contribution in [-0.2, 0) is 11.2 Å². The number of benzene rings is 2. The number of rotatable bonds is 7. The summed E-state index contributed by atoms with van der Waals surface area (Å²) in [6.45, 7) is 0.585. The second-order valence-corrected chi connectivity index (χ2v) is 5.62. The molecular formula is C19H18ClN3O2. The normalized spacial score (nSPS) is 10.7. The van der Waals surface area contributed by atoms with Gasteiger partial charge < -0.3 is 15.4 Å². The van der Waals surface area contributed by atoms with E-state index in [1.165, 1.54) is 6.20 Å². The van der Waals surface area contributed by atoms with E-state index in [2.05, 4.69) is 10.6 Å². The number of halogens is 1. The summed E-state index contributed by atoms with van der Waals surface area (Å²) in [7, 11) is 1.57. The molecule has 0 aliphatic carbocycles. The number of ether oxygens (including phenoxy) is 1. The van der Waals surface area contributed by atoms with Gasteiger partial charge in [0.2, 0.25) is 0 Å². The molecule has 5 nitrogen and oxygen atoms in total. The van der Waals surface area contributed by atoms with Crippen LogP contribution in [-0.4, -0.2) is 19.6 Å². The SMILES string of the molecule is COc1ccc(NC(=O)/C(C#N)=C\NCCc2cccc(Cl)c2)cc1. The second-order valence-electron chi connectivity index (χ2n) is 5.19. The maximum absolute atomic E-state index is 12.1. The van der Waals surface area contributed by atoms with E-state index in [0.29, 0.717) is 23.0 Å². The highest BCUT2D eigenvalue weighted by atomic mass is 35.5. The van der Waals surface area contributed by atoms with Gasteiger partial charge in [-0.1, -0.05) is 23.7 Å². The molecule has 2 aromatic rings. The lowest BCUT2D eigenvalue weighted by Crippen LogP contribution is -2.18. The lowest BCUT2D eigenvalue weighted by Gasteiger charge is -2.06. The zero-order valence-electron chi connectivity index (χ0n) is 13.8. The number of anilines is 1. The van der Waals surface area contributed by atoms with Crippen LogP contribution in [0.4, 0.5) is 5.69 Å². The van der Waals surface area contributed by atoms with Crippen molar-refractivity contribution >= 4 is 23.2 Å². The predicted molar refractivity (Wildman–Crippen MR) is 98.5 cm³/mol. The van der Waals surface area contributed by atoms with Crippen LogP contribution in [0.5, 0.6) is 5.75 Å². The van der Waals surface area contributed by atoms with E-state index in [1.807, 2.05) is 30.3 Å². The lowest BCUT2D eigenvalue weighted by atomic mass is 10.1. The second kappa shape index (κ2) is 9.36. The van der Waals surface area contributed by atoms with Crippen LogP contribution in [0.1, 0.15) is 5.56 Å². The van der Waals surface area contributed by atoms with Gasteiger partial charge in [0.1, 0.15) is 17.4 Å². The third kappa shape index (κ3) is 5.87. The smallest absolute Gasteiger partial charge is 0.267 e. The Morgan fingerprint density at radius 3 is 2.68 bits per heavy atom. The average Bonchev–Trinajstić information content (AvgIpc) is 2.62. The molecule has 0 unspecified atom stereocenters. The zero-order chi connectivity index (χ0) is 18.1. The van der Waals surface area contributed by atoms with Crippen molar-refractivity contribution in [3.8, 4) is 11.8 Å². The van der Waals surface area contributed by atoms with Gasteiger partial charge in [-0.2, -0.15) is 5.26 Å². The van der Waals surface area contributed by atoms with Crippen molar-refractivity contribution in [2.75, 3.05) is 19.0 Å². The molecule has 6 heteroatoms. The molecule has 2 aromatic carbocycles. The first-order valence-electron chi connectivity index (χ1n) is 7.66. The molecule has 1 amide bonds. The Labute approximate surface area is 151 Å². The van der Waals surface area contributed by atoms with Gasteiger partial charge in [-0.25, -0.2) is 0 Å². The van der Waals surface area contributed by atoms with Crippen molar-refractivity contribution in [1.82, 2.24) is 5.32 Å². The van der Waals surface area contributed by atoms with Crippen LogP contribution in [0.15, 0.2) is 60.3 Å². The Bertz CT molecular complexity index is 795. The molecule has 2 N–H and O–H groups in total.